The molecule has 0 aromatic heterocycles. The first-order valence-corrected chi connectivity index (χ1v) is 8.16. The van der Waals surface area contributed by atoms with Crippen molar-refractivity contribution in [3.8, 4) is 0 Å². The number of nitrogens with one attached hydrogen (secondary N) is 2. The van der Waals surface area contributed by atoms with Crippen molar-refractivity contribution >= 4 is 23.9 Å². The molecule has 0 spiro atoms. The molecule has 27 heavy (non-hydrogen) atoms. The van der Waals surface area contributed by atoms with Crippen LogP contribution in [0.3, 0.4) is 0 Å². The maximum absolute atomic E-state index is 10.2. The molecule has 0 aromatic rings. The Morgan fingerprint density at radius 3 is 1.59 bits per heavy atom. The van der Waals surface area contributed by atoms with Crippen LogP contribution >= 0.6 is 0 Å². The molecule has 0 heterocycles. The minimum atomic E-state index is -1.00. The summed E-state index contributed by atoms with van der Waals surface area (Å²) >= 11 is 0. The van der Waals surface area contributed by atoms with E-state index in [1.165, 1.54) is 0 Å². The number of aliphatic carboxylic acids is 3. The third-order valence-corrected chi connectivity index (χ3v) is 2.79. The van der Waals surface area contributed by atoms with Crippen molar-refractivity contribution in [2.75, 3.05) is 19.6 Å². The Kier molecular flexibility index (Phi) is 21.5. The van der Waals surface area contributed by atoms with Crippen LogP contribution in [0.15, 0.2) is 0 Å². The maximum Gasteiger partial charge on any atom is 0.320 e. The SMILES string of the molecule is N=C(N)NCCC[C@H](N)C(=O)O.NCC(=O)O.NCCCC[C@H](N)C(=O)O. The number of carboxylic acids is 3. The van der Waals surface area contributed by atoms with Gasteiger partial charge in [0.05, 0.1) is 6.54 Å². The summed E-state index contributed by atoms with van der Waals surface area (Å²) in [5.74, 6) is -3.02. The van der Waals surface area contributed by atoms with Crippen molar-refractivity contribution in [3.63, 3.8) is 0 Å². The number of carboxylic acid groups (broad SMARTS) is 3. The number of hydrogen-bond acceptors (Lipinski definition) is 8. The Balaban J connectivity index is -0.000000347. The van der Waals surface area contributed by atoms with E-state index in [4.69, 9.17) is 43.7 Å². The predicted octanol–water partition coefficient (Wildman–Crippen LogP) is -2.78. The zero-order valence-corrected chi connectivity index (χ0v) is 15.3. The molecule has 2 atom stereocenters. The first-order chi connectivity index (χ1) is 12.5. The highest BCUT2D eigenvalue weighted by molar-refractivity contribution is 5.74. The molecule has 0 aliphatic carbocycles. The summed E-state index contributed by atoms with van der Waals surface area (Å²) in [7, 11) is 0. The van der Waals surface area contributed by atoms with E-state index < -0.39 is 30.0 Å². The monoisotopic (exact) mass is 395 g/mol. The van der Waals surface area contributed by atoms with Crippen LogP contribution in [0.5, 0.6) is 0 Å². The molecular formula is C14H33N7O6. The summed E-state index contributed by atoms with van der Waals surface area (Å²) in [4.78, 5) is 29.6. The van der Waals surface area contributed by atoms with E-state index in [-0.39, 0.29) is 12.5 Å². The lowest BCUT2D eigenvalue weighted by Crippen LogP contribution is -2.34. The van der Waals surface area contributed by atoms with E-state index >= 15 is 0 Å². The molecule has 13 heteroatoms. The summed E-state index contributed by atoms with van der Waals surface area (Å²) in [6.07, 6.45) is 3.14. The van der Waals surface area contributed by atoms with Gasteiger partial charge in [-0.05, 0) is 32.2 Å². The van der Waals surface area contributed by atoms with Gasteiger partial charge in [-0.3, -0.25) is 19.8 Å². The lowest BCUT2D eigenvalue weighted by atomic mass is 10.1. The van der Waals surface area contributed by atoms with Crippen molar-refractivity contribution in [2.24, 2.45) is 28.7 Å². The second-order valence-corrected chi connectivity index (χ2v) is 5.25. The molecule has 0 saturated carbocycles. The highest BCUT2D eigenvalue weighted by Crippen LogP contribution is 1.97. The maximum atomic E-state index is 10.2. The number of hydrogen-bond donors (Lipinski definition) is 10. The Hall–Kier alpha value is -2.48. The van der Waals surface area contributed by atoms with Gasteiger partial charge in [-0.25, -0.2) is 0 Å². The van der Waals surface area contributed by atoms with Gasteiger partial charge in [-0.15, -0.1) is 0 Å². The molecule has 13 nitrogen and oxygen atoms in total. The lowest BCUT2D eigenvalue weighted by molar-refractivity contribution is -0.139. The van der Waals surface area contributed by atoms with Crippen LogP contribution in [0.4, 0.5) is 0 Å². The molecular weight excluding hydrogens is 362 g/mol. The average molecular weight is 395 g/mol. The summed E-state index contributed by atoms with van der Waals surface area (Å²) in [6.45, 7) is 0.808. The van der Waals surface area contributed by atoms with Gasteiger partial charge in [0, 0.05) is 6.54 Å². The van der Waals surface area contributed by atoms with Gasteiger partial charge in [-0.1, -0.05) is 6.42 Å². The molecule has 15 N–H and O–H groups in total. The highest BCUT2D eigenvalue weighted by atomic mass is 16.4. The van der Waals surface area contributed by atoms with E-state index in [1.54, 1.807) is 0 Å². The van der Waals surface area contributed by atoms with E-state index in [0.717, 1.165) is 12.8 Å². The number of nitrogens with two attached hydrogens (primary N) is 5. The largest absolute Gasteiger partial charge is 0.480 e. The molecule has 0 amide bonds. The van der Waals surface area contributed by atoms with Crippen LogP contribution in [0, 0.1) is 5.41 Å². The molecule has 0 unspecified atom stereocenters. The van der Waals surface area contributed by atoms with Crippen LogP contribution in [0.2, 0.25) is 0 Å². The Labute approximate surface area is 157 Å². The molecule has 160 valence electrons. The first-order valence-electron chi connectivity index (χ1n) is 8.16. The topological polar surface area (TPSA) is 278 Å². The average Bonchev–Trinajstić information content (AvgIpc) is 2.59. The Morgan fingerprint density at radius 2 is 1.30 bits per heavy atom. The van der Waals surface area contributed by atoms with Gasteiger partial charge in [0.25, 0.3) is 0 Å². The van der Waals surface area contributed by atoms with Gasteiger partial charge in [-0.2, -0.15) is 0 Å². The molecule has 0 bridgehead atoms. The summed E-state index contributed by atoms with van der Waals surface area (Å²) in [5.41, 5.74) is 25.2. The van der Waals surface area contributed by atoms with Crippen molar-refractivity contribution in [3.05, 3.63) is 0 Å². The zero-order chi connectivity index (χ0) is 21.8. The molecule has 0 aromatic carbocycles. The quantitative estimate of drug-likeness (QED) is 0.0965. The minimum Gasteiger partial charge on any atom is -0.480 e. The summed E-state index contributed by atoms with van der Waals surface area (Å²) in [5, 5.41) is 33.6. The van der Waals surface area contributed by atoms with Crippen LogP contribution in [0.25, 0.3) is 0 Å². The van der Waals surface area contributed by atoms with Crippen molar-refractivity contribution < 1.29 is 29.7 Å². The lowest BCUT2D eigenvalue weighted by Gasteiger charge is -2.06. The second-order valence-electron chi connectivity index (χ2n) is 5.25. The fraction of sp³-hybridized carbons (Fsp3) is 0.714. The molecule has 0 fully saturated rings. The van der Waals surface area contributed by atoms with Crippen molar-refractivity contribution in [2.45, 2.75) is 44.2 Å². The van der Waals surface area contributed by atoms with E-state index in [2.05, 4.69) is 11.1 Å². The molecule has 0 saturated heterocycles. The van der Waals surface area contributed by atoms with Gasteiger partial charge >= 0.3 is 17.9 Å². The smallest absolute Gasteiger partial charge is 0.320 e. The normalized spacial score (nSPS) is 11.6. The highest BCUT2D eigenvalue weighted by Gasteiger charge is 2.10. The van der Waals surface area contributed by atoms with Gasteiger partial charge in [0.1, 0.15) is 12.1 Å². The number of unbranched alkanes of at least 4 members (excludes halogenated alkanes) is 1. The van der Waals surface area contributed by atoms with E-state index in [0.29, 0.717) is 32.4 Å². The third-order valence-electron chi connectivity index (χ3n) is 2.79. The zero-order valence-electron chi connectivity index (χ0n) is 15.3. The predicted molar refractivity (Wildman–Crippen MR) is 100.0 cm³/mol. The standard InChI is InChI=1S/C6H14N4O2.C6H14N2O2.C2H5NO2/c7-4(5(11)12)2-1-3-10-6(8)9;7-4-2-1-3-5(8)6(9)10;3-1-2(4)5/h4H,1-3,7H2,(H,11,12)(H4,8,9,10);5H,1-4,7-8H2,(H,9,10);1,3H2,(H,4,5)/t4-;5-;/m00./s1. The number of carbonyl (C=O) groups is 3. The fourth-order valence-corrected chi connectivity index (χ4v) is 1.30. The van der Waals surface area contributed by atoms with Gasteiger partial charge in [0.15, 0.2) is 5.96 Å². The van der Waals surface area contributed by atoms with Crippen molar-refractivity contribution in [1.29, 1.82) is 5.41 Å². The molecule has 0 aliphatic rings. The molecule has 0 aliphatic heterocycles. The second kappa shape index (κ2) is 19.8. The number of rotatable bonds is 11. The number of guanidine groups is 1. The van der Waals surface area contributed by atoms with Crippen LogP contribution in [-0.2, 0) is 14.4 Å². The summed E-state index contributed by atoms with van der Waals surface area (Å²) in [6, 6.07) is -1.54. The van der Waals surface area contributed by atoms with Gasteiger partial charge < -0.3 is 49.3 Å². The van der Waals surface area contributed by atoms with Crippen LogP contribution < -0.4 is 34.0 Å². The Bertz CT molecular complexity index is 436. The fourth-order valence-electron chi connectivity index (χ4n) is 1.30. The van der Waals surface area contributed by atoms with E-state index in [9.17, 15) is 14.4 Å². The minimum absolute atomic E-state index is 0.112. The van der Waals surface area contributed by atoms with Crippen LogP contribution in [-0.4, -0.2) is 70.9 Å². The van der Waals surface area contributed by atoms with Crippen LogP contribution in [0.1, 0.15) is 32.1 Å². The van der Waals surface area contributed by atoms with Gasteiger partial charge in [0.2, 0.25) is 0 Å². The summed E-state index contributed by atoms with van der Waals surface area (Å²) < 4.78 is 0. The Morgan fingerprint density at radius 1 is 0.889 bits per heavy atom. The van der Waals surface area contributed by atoms with Crippen molar-refractivity contribution in [1.82, 2.24) is 5.32 Å². The molecule has 0 radical (unpaired) electrons. The third kappa shape index (κ3) is 28.6. The first kappa shape index (κ1) is 29.3. The van der Waals surface area contributed by atoms with E-state index in [1.807, 2.05) is 0 Å². The molecule has 0 rings (SSSR count).